The lowest BCUT2D eigenvalue weighted by molar-refractivity contribution is -0.123. The largest absolute Gasteiger partial charge is 0.481 e. The van der Waals surface area contributed by atoms with Gasteiger partial charge in [0.25, 0.3) is 5.91 Å². The van der Waals surface area contributed by atoms with Crippen molar-refractivity contribution >= 4 is 33.1 Å². The van der Waals surface area contributed by atoms with Gasteiger partial charge in [0.05, 0.1) is 0 Å². The molecule has 4 nitrogen and oxygen atoms in total. The number of rotatable bonds is 7. The summed E-state index contributed by atoms with van der Waals surface area (Å²) in [5, 5.41) is 7.52. The van der Waals surface area contributed by atoms with Crippen LogP contribution in [0.3, 0.4) is 0 Å². The number of nitrogens with one attached hydrogen (secondary N) is 1. The Morgan fingerprint density at radius 2 is 2.08 bits per heavy atom. The second kappa shape index (κ2) is 7.93. The van der Waals surface area contributed by atoms with Crippen LogP contribution in [0.1, 0.15) is 26.2 Å². The summed E-state index contributed by atoms with van der Waals surface area (Å²) < 4.78 is 6.00. The van der Waals surface area contributed by atoms with Crippen LogP contribution in [-0.4, -0.2) is 17.0 Å². The minimum atomic E-state index is -0.519. The summed E-state index contributed by atoms with van der Waals surface area (Å²) >= 11 is 1.40. The molecule has 124 valence electrons. The Balaban J connectivity index is 1.75. The molecule has 0 radical (unpaired) electrons. The fourth-order valence-electron chi connectivity index (χ4n) is 2.51. The molecule has 3 aromatic rings. The predicted molar refractivity (Wildman–Crippen MR) is 98.6 cm³/mol. The number of hydrogen-bond donors (Lipinski definition) is 1. The summed E-state index contributed by atoms with van der Waals surface area (Å²) in [5.74, 6) is 0.565. The molecule has 1 atom stereocenters. The van der Waals surface area contributed by atoms with Gasteiger partial charge in [-0.25, -0.2) is 4.98 Å². The van der Waals surface area contributed by atoms with Crippen molar-refractivity contribution in [2.75, 3.05) is 5.32 Å². The van der Waals surface area contributed by atoms with Gasteiger partial charge in [0.15, 0.2) is 11.2 Å². The summed E-state index contributed by atoms with van der Waals surface area (Å²) in [6.07, 6.45) is 3.78. The summed E-state index contributed by atoms with van der Waals surface area (Å²) in [6, 6.07) is 14.0. The zero-order valence-corrected chi connectivity index (χ0v) is 14.4. The summed E-state index contributed by atoms with van der Waals surface area (Å²) in [5.41, 5.74) is 0. The second-order valence-electron chi connectivity index (χ2n) is 5.58. The van der Waals surface area contributed by atoms with Crippen molar-refractivity contribution in [1.82, 2.24) is 4.98 Å². The van der Waals surface area contributed by atoms with E-state index in [9.17, 15) is 4.79 Å². The smallest absolute Gasteiger partial charge is 0.267 e. The van der Waals surface area contributed by atoms with Crippen molar-refractivity contribution in [3.05, 3.63) is 54.0 Å². The van der Waals surface area contributed by atoms with Crippen molar-refractivity contribution in [2.45, 2.75) is 32.3 Å². The SMILES string of the molecule is CCCCC(Oc1ccc2ccccc2c1)C(=O)Nc1nccs1. The van der Waals surface area contributed by atoms with Crippen molar-refractivity contribution in [1.29, 1.82) is 0 Å². The van der Waals surface area contributed by atoms with Gasteiger partial charge in [-0.15, -0.1) is 11.3 Å². The molecule has 0 saturated carbocycles. The number of anilines is 1. The first-order valence-corrected chi connectivity index (χ1v) is 9.00. The van der Waals surface area contributed by atoms with E-state index in [0.717, 1.165) is 23.6 Å². The van der Waals surface area contributed by atoms with E-state index in [-0.39, 0.29) is 5.91 Å². The first kappa shape index (κ1) is 16.5. The number of amides is 1. The maximum absolute atomic E-state index is 12.5. The number of ether oxygens (including phenoxy) is 1. The Bertz CT molecular complexity index is 802. The lowest BCUT2D eigenvalue weighted by Crippen LogP contribution is -2.33. The molecule has 0 bridgehead atoms. The third-order valence-electron chi connectivity index (χ3n) is 3.77. The highest BCUT2D eigenvalue weighted by Crippen LogP contribution is 2.23. The number of carbonyl (C=O) groups excluding carboxylic acids is 1. The average Bonchev–Trinajstić information content (AvgIpc) is 3.11. The molecule has 1 heterocycles. The van der Waals surface area contributed by atoms with Crippen molar-refractivity contribution < 1.29 is 9.53 Å². The van der Waals surface area contributed by atoms with Crippen LogP contribution < -0.4 is 10.1 Å². The molecule has 0 aliphatic heterocycles. The minimum Gasteiger partial charge on any atom is -0.481 e. The van der Waals surface area contributed by atoms with Crippen molar-refractivity contribution in [3.63, 3.8) is 0 Å². The van der Waals surface area contributed by atoms with Gasteiger partial charge in [-0.2, -0.15) is 0 Å². The molecule has 5 heteroatoms. The molecule has 1 amide bonds. The van der Waals surface area contributed by atoms with Gasteiger partial charge in [-0.1, -0.05) is 43.7 Å². The van der Waals surface area contributed by atoms with Crippen LogP contribution in [0, 0.1) is 0 Å². The quantitative estimate of drug-likeness (QED) is 0.667. The van der Waals surface area contributed by atoms with Crippen LogP contribution >= 0.6 is 11.3 Å². The molecule has 0 aliphatic rings. The van der Waals surface area contributed by atoms with E-state index in [1.165, 1.54) is 11.3 Å². The third kappa shape index (κ3) is 4.11. The zero-order chi connectivity index (χ0) is 16.8. The normalized spacial score (nSPS) is 12.0. The maximum Gasteiger partial charge on any atom is 0.267 e. The fraction of sp³-hybridized carbons (Fsp3) is 0.263. The molecule has 1 unspecified atom stereocenters. The number of carbonyl (C=O) groups is 1. The maximum atomic E-state index is 12.5. The first-order chi connectivity index (χ1) is 11.8. The fourth-order valence-corrected chi connectivity index (χ4v) is 3.04. The number of benzene rings is 2. The van der Waals surface area contributed by atoms with Crippen molar-refractivity contribution in [2.24, 2.45) is 0 Å². The van der Waals surface area contributed by atoms with Crippen LogP contribution in [0.5, 0.6) is 5.75 Å². The van der Waals surface area contributed by atoms with E-state index in [1.54, 1.807) is 6.20 Å². The van der Waals surface area contributed by atoms with Crippen LogP contribution in [0.2, 0.25) is 0 Å². The minimum absolute atomic E-state index is 0.147. The number of aromatic nitrogens is 1. The lowest BCUT2D eigenvalue weighted by atomic mass is 10.1. The van der Waals surface area contributed by atoms with Gasteiger partial charge < -0.3 is 4.74 Å². The predicted octanol–water partition coefficient (Wildman–Crippen LogP) is 4.87. The van der Waals surface area contributed by atoms with Crippen LogP contribution in [0.25, 0.3) is 10.8 Å². The van der Waals surface area contributed by atoms with Gasteiger partial charge in [-0.3, -0.25) is 10.1 Å². The standard InChI is InChI=1S/C19H20N2O2S/c1-2-3-8-17(18(22)21-19-20-11-12-24-19)23-16-10-9-14-6-4-5-7-15(14)13-16/h4-7,9-13,17H,2-3,8H2,1H3,(H,20,21,22). The van der Waals surface area contributed by atoms with Crippen LogP contribution in [0.4, 0.5) is 5.13 Å². The van der Waals surface area contributed by atoms with Gasteiger partial charge in [0, 0.05) is 11.6 Å². The number of fused-ring (bicyclic) bond motifs is 1. The van der Waals surface area contributed by atoms with E-state index in [2.05, 4.69) is 23.3 Å². The topological polar surface area (TPSA) is 51.2 Å². The van der Waals surface area contributed by atoms with Crippen LogP contribution in [-0.2, 0) is 4.79 Å². The second-order valence-corrected chi connectivity index (χ2v) is 6.48. The highest BCUT2D eigenvalue weighted by atomic mass is 32.1. The molecule has 2 aromatic carbocycles. The molecule has 0 fully saturated rings. The van der Waals surface area contributed by atoms with E-state index in [0.29, 0.717) is 17.3 Å². The molecule has 24 heavy (non-hydrogen) atoms. The van der Waals surface area contributed by atoms with Crippen molar-refractivity contribution in [3.8, 4) is 5.75 Å². The van der Waals surface area contributed by atoms with E-state index >= 15 is 0 Å². The Kier molecular flexibility index (Phi) is 5.43. The summed E-state index contributed by atoms with van der Waals surface area (Å²) in [6.45, 7) is 2.10. The van der Waals surface area contributed by atoms with Gasteiger partial charge in [0.1, 0.15) is 5.75 Å². The molecule has 0 spiro atoms. The van der Waals surface area contributed by atoms with E-state index in [1.807, 2.05) is 41.8 Å². The van der Waals surface area contributed by atoms with Gasteiger partial charge >= 0.3 is 0 Å². The van der Waals surface area contributed by atoms with E-state index in [4.69, 9.17) is 4.74 Å². The number of thiazole rings is 1. The molecule has 1 aromatic heterocycles. The molecule has 0 saturated heterocycles. The summed E-state index contributed by atoms with van der Waals surface area (Å²) in [4.78, 5) is 16.6. The molecule has 1 N–H and O–H groups in total. The molecular formula is C19H20N2O2S. The van der Waals surface area contributed by atoms with Gasteiger partial charge in [-0.05, 0) is 35.7 Å². The average molecular weight is 340 g/mol. The monoisotopic (exact) mass is 340 g/mol. The first-order valence-electron chi connectivity index (χ1n) is 8.12. The molecular weight excluding hydrogens is 320 g/mol. The van der Waals surface area contributed by atoms with E-state index < -0.39 is 6.10 Å². The Morgan fingerprint density at radius 1 is 1.25 bits per heavy atom. The highest BCUT2D eigenvalue weighted by molar-refractivity contribution is 7.13. The highest BCUT2D eigenvalue weighted by Gasteiger charge is 2.21. The third-order valence-corrected chi connectivity index (χ3v) is 4.46. The van der Waals surface area contributed by atoms with Gasteiger partial charge in [0.2, 0.25) is 0 Å². The Labute approximate surface area is 145 Å². The molecule has 0 aliphatic carbocycles. The Morgan fingerprint density at radius 3 is 2.83 bits per heavy atom. The number of hydrogen-bond acceptors (Lipinski definition) is 4. The molecule has 3 rings (SSSR count). The lowest BCUT2D eigenvalue weighted by Gasteiger charge is -2.18. The number of unbranched alkanes of at least 4 members (excludes halogenated alkanes) is 1. The van der Waals surface area contributed by atoms with Crippen LogP contribution in [0.15, 0.2) is 54.0 Å². The summed E-state index contributed by atoms with van der Waals surface area (Å²) in [7, 11) is 0. The Hall–Kier alpha value is -2.40. The zero-order valence-electron chi connectivity index (χ0n) is 13.6. The number of nitrogens with zero attached hydrogens (tertiary/aromatic N) is 1.